The average Bonchev–Trinajstić information content (AvgIpc) is 3.16. The van der Waals surface area contributed by atoms with Gasteiger partial charge in [-0.3, -0.25) is 18.8 Å². The minimum Gasteiger partial charge on any atom is -0.321 e. The van der Waals surface area contributed by atoms with E-state index in [0.717, 1.165) is 24.5 Å². The molecule has 3 N–H and O–H groups in total. The Morgan fingerprint density at radius 3 is 2.25 bits per heavy atom. The Kier molecular flexibility index (Phi) is 7.26. The predicted molar refractivity (Wildman–Crippen MR) is 152 cm³/mol. The van der Waals surface area contributed by atoms with Gasteiger partial charge < -0.3 is 5.73 Å². The van der Waals surface area contributed by atoms with Gasteiger partial charge in [0.05, 0.1) is 54.9 Å². The molecule has 0 fully saturated rings. The molecule has 2 aromatic heterocycles. The lowest BCUT2D eigenvalue weighted by molar-refractivity contribution is 0.572. The highest BCUT2D eigenvalue weighted by Crippen LogP contribution is 2.36. The summed E-state index contributed by atoms with van der Waals surface area (Å²) in [6, 6.07) is 7.82. The molecule has 0 spiro atoms. The number of nitrogens with two attached hydrogens (primary N) is 1. The summed E-state index contributed by atoms with van der Waals surface area (Å²) in [4.78, 5) is 18.7. The summed E-state index contributed by atoms with van der Waals surface area (Å²) in [5.41, 5.74) is 6.66. The van der Waals surface area contributed by atoms with Gasteiger partial charge in [0.2, 0.25) is 10.0 Å². The van der Waals surface area contributed by atoms with Crippen LogP contribution in [0.4, 0.5) is 14.6 Å². The van der Waals surface area contributed by atoms with E-state index in [9.17, 15) is 22.0 Å². The first-order valence-corrected chi connectivity index (χ1v) is 14.5. The number of nitrogens with zero attached hydrogens (tertiary/aromatic N) is 4. The molecule has 1 unspecified atom stereocenters. The summed E-state index contributed by atoms with van der Waals surface area (Å²) in [6.07, 6.45) is 0.856. The predicted octanol–water partition coefficient (Wildman–Crippen LogP) is 5.12. The number of nitrogens with one attached hydrogen (secondary N) is 1. The average molecular weight is 628 g/mol. The Morgan fingerprint density at radius 2 is 1.60 bits per heavy atom. The van der Waals surface area contributed by atoms with Crippen molar-refractivity contribution in [2.24, 2.45) is 12.8 Å². The third-order valence-electron chi connectivity index (χ3n) is 6.10. The van der Waals surface area contributed by atoms with E-state index >= 15 is 0 Å². The highest BCUT2D eigenvalue weighted by atomic mass is 35.5. The Labute approximate surface area is 241 Å². The number of rotatable bonds is 6. The van der Waals surface area contributed by atoms with Gasteiger partial charge in [0.15, 0.2) is 5.82 Å². The van der Waals surface area contributed by atoms with Crippen molar-refractivity contribution in [3.05, 3.63) is 90.9 Å². The Hall–Kier alpha value is -3.29. The van der Waals surface area contributed by atoms with Crippen molar-refractivity contribution >= 4 is 72.4 Å². The molecule has 5 rings (SSSR count). The van der Waals surface area contributed by atoms with Gasteiger partial charge >= 0.3 is 0 Å². The standard InChI is InChI=1S/C25H19Cl3F2N6O3S/c1-35-22-18(6-5-15(27)20(22)23(33-35)34-40(2,38)39)36-24(17(31)9-11-7-12(29)10-13(30)8-11)32-21-16(28)4-3-14(26)19(21)25(36)37/h3-8,10,17H,9,31H2,1-2H3,(H,33,34). The van der Waals surface area contributed by atoms with E-state index in [1.807, 2.05) is 0 Å². The number of aromatic nitrogens is 4. The molecule has 9 nitrogen and oxygen atoms in total. The molecule has 2 heterocycles. The number of hydrogen-bond donors (Lipinski definition) is 2. The fraction of sp³-hybridized carbons (Fsp3) is 0.160. The Bertz CT molecular complexity index is 1990. The molecule has 40 heavy (non-hydrogen) atoms. The third kappa shape index (κ3) is 5.13. The molecule has 1 atom stereocenters. The number of anilines is 1. The molecule has 0 aliphatic heterocycles. The maximum absolute atomic E-state index is 14.1. The summed E-state index contributed by atoms with van der Waals surface area (Å²) in [7, 11) is -2.20. The molecule has 15 heteroatoms. The SMILES string of the molecule is Cn1nc(NS(C)(=O)=O)c2c(Cl)ccc(-n3c(C(N)Cc4cc(F)cc(F)c4)nc4c(Cl)ccc(Cl)c4c3=O)c21. The van der Waals surface area contributed by atoms with E-state index in [2.05, 4.69) is 14.8 Å². The number of aryl methyl sites for hydroxylation is 1. The third-order valence-corrected chi connectivity index (χ3v) is 7.60. The molecular weight excluding hydrogens is 609 g/mol. The van der Waals surface area contributed by atoms with Crippen molar-refractivity contribution in [3.63, 3.8) is 0 Å². The summed E-state index contributed by atoms with van der Waals surface area (Å²) < 4.78 is 56.7. The van der Waals surface area contributed by atoms with Crippen LogP contribution in [0.1, 0.15) is 17.4 Å². The fourth-order valence-corrected chi connectivity index (χ4v) is 5.74. The van der Waals surface area contributed by atoms with Gasteiger partial charge in [-0.1, -0.05) is 34.8 Å². The van der Waals surface area contributed by atoms with Gasteiger partial charge in [-0.2, -0.15) is 5.10 Å². The summed E-state index contributed by atoms with van der Waals surface area (Å²) in [5, 5.41) is 4.83. The van der Waals surface area contributed by atoms with Crippen LogP contribution in [0.2, 0.25) is 15.1 Å². The molecule has 0 bridgehead atoms. The van der Waals surface area contributed by atoms with Gasteiger partial charge in [0, 0.05) is 13.1 Å². The van der Waals surface area contributed by atoms with E-state index in [-0.39, 0.29) is 66.2 Å². The monoisotopic (exact) mass is 626 g/mol. The zero-order valence-electron chi connectivity index (χ0n) is 20.7. The topological polar surface area (TPSA) is 125 Å². The molecule has 3 aromatic carbocycles. The maximum Gasteiger partial charge on any atom is 0.267 e. The minimum atomic E-state index is -3.74. The van der Waals surface area contributed by atoms with Crippen molar-refractivity contribution in [1.82, 2.24) is 19.3 Å². The quantitative estimate of drug-likeness (QED) is 0.269. The zero-order chi connectivity index (χ0) is 29.1. The van der Waals surface area contributed by atoms with Gasteiger partial charge in [-0.15, -0.1) is 0 Å². The number of sulfonamides is 1. The molecule has 5 aromatic rings. The van der Waals surface area contributed by atoms with Crippen LogP contribution in [0.3, 0.4) is 0 Å². The van der Waals surface area contributed by atoms with Crippen molar-refractivity contribution in [1.29, 1.82) is 0 Å². The summed E-state index contributed by atoms with van der Waals surface area (Å²) >= 11 is 19.2. The first kappa shape index (κ1) is 28.2. The van der Waals surface area contributed by atoms with Crippen molar-refractivity contribution in [2.75, 3.05) is 11.0 Å². The normalized spacial score (nSPS) is 12.8. The first-order valence-electron chi connectivity index (χ1n) is 11.5. The Morgan fingerprint density at radius 1 is 1.00 bits per heavy atom. The van der Waals surface area contributed by atoms with Gasteiger partial charge in [0.1, 0.15) is 17.5 Å². The maximum atomic E-state index is 14.1. The number of halogens is 5. The van der Waals surface area contributed by atoms with Gasteiger partial charge in [0.25, 0.3) is 5.56 Å². The Balaban J connectivity index is 1.85. The fourth-order valence-electron chi connectivity index (χ4n) is 4.58. The molecule has 0 aliphatic rings. The zero-order valence-corrected chi connectivity index (χ0v) is 23.8. The number of fused-ring (bicyclic) bond motifs is 2. The van der Waals surface area contributed by atoms with E-state index in [4.69, 9.17) is 40.5 Å². The van der Waals surface area contributed by atoms with Crippen LogP contribution in [0.15, 0.2) is 47.3 Å². The first-order chi connectivity index (χ1) is 18.7. The molecule has 208 valence electrons. The minimum absolute atomic E-state index is 0.00155. The smallest absolute Gasteiger partial charge is 0.267 e. The van der Waals surface area contributed by atoms with Crippen molar-refractivity contribution < 1.29 is 17.2 Å². The van der Waals surface area contributed by atoms with E-state index in [1.54, 1.807) is 0 Å². The van der Waals surface area contributed by atoms with E-state index < -0.39 is 33.3 Å². The second-order valence-electron chi connectivity index (χ2n) is 9.09. The number of benzene rings is 3. The van der Waals surface area contributed by atoms with Crippen LogP contribution >= 0.6 is 34.8 Å². The molecule has 0 amide bonds. The van der Waals surface area contributed by atoms with Crippen LogP contribution in [0.5, 0.6) is 0 Å². The second kappa shape index (κ2) is 10.3. The lowest BCUT2D eigenvalue weighted by Crippen LogP contribution is -2.30. The summed E-state index contributed by atoms with van der Waals surface area (Å²) in [5.74, 6) is -1.65. The lowest BCUT2D eigenvalue weighted by Gasteiger charge is -2.20. The van der Waals surface area contributed by atoms with Crippen LogP contribution in [0, 0.1) is 11.6 Å². The van der Waals surface area contributed by atoms with E-state index in [0.29, 0.717) is 0 Å². The summed E-state index contributed by atoms with van der Waals surface area (Å²) in [6.45, 7) is 0. The molecule has 0 radical (unpaired) electrons. The van der Waals surface area contributed by atoms with Gasteiger partial charge in [-0.25, -0.2) is 22.2 Å². The molecule has 0 saturated carbocycles. The highest BCUT2D eigenvalue weighted by Gasteiger charge is 2.26. The van der Waals surface area contributed by atoms with Crippen LogP contribution in [-0.2, 0) is 23.5 Å². The van der Waals surface area contributed by atoms with Crippen LogP contribution < -0.4 is 16.0 Å². The largest absolute Gasteiger partial charge is 0.321 e. The van der Waals surface area contributed by atoms with Crippen molar-refractivity contribution in [2.45, 2.75) is 12.5 Å². The van der Waals surface area contributed by atoms with E-state index in [1.165, 1.54) is 40.6 Å². The lowest BCUT2D eigenvalue weighted by atomic mass is 10.0. The molecule has 0 aliphatic carbocycles. The van der Waals surface area contributed by atoms with Crippen LogP contribution in [0.25, 0.3) is 27.5 Å². The second-order valence-corrected chi connectivity index (χ2v) is 12.1. The molecule has 0 saturated heterocycles. The van der Waals surface area contributed by atoms with Crippen molar-refractivity contribution in [3.8, 4) is 5.69 Å². The number of hydrogen-bond acceptors (Lipinski definition) is 6. The molecular formula is C25H19Cl3F2N6O3S. The van der Waals surface area contributed by atoms with Crippen LogP contribution in [-0.4, -0.2) is 34.0 Å². The van der Waals surface area contributed by atoms with Gasteiger partial charge in [-0.05, 0) is 48.4 Å². The highest BCUT2D eigenvalue weighted by molar-refractivity contribution is 7.92.